The first-order chi connectivity index (χ1) is 9.09. The Balaban J connectivity index is 2.23. The fraction of sp³-hybridized carbons (Fsp3) is 0.417. The second kappa shape index (κ2) is 6.03. The first-order valence-corrected chi connectivity index (χ1v) is 6.83. The van der Waals surface area contributed by atoms with Crippen molar-refractivity contribution in [3.05, 3.63) is 33.9 Å². The lowest BCUT2D eigenvalue weighted by molar-refractivity contribution is -0.387. The lowest BCUT2D eigenvalue weighted by Gasteiger charge is -2.10. The van der Waals surface area contributed by atoms with E-state index in [0.29, 0.717) is 12.4 Å². The van der Waals surface area contributed by atoms with E-state index in [0.717, 1.165) is 12.8 Å². The van der Waals surface area contributed by atoms with Gasteiger partial charge in [-0.3, -0.25) is 10.1 Å². The summed E-state index contributed by atoms with van der Waals surface area (Å²) in [5.74, 6) is -0.621. The van der Waals surface area contributed by atoms with Crippen LogP contribution in [0.1, 0.15) is 23.2 Å². The van der Waals surface area contributed by atoms with Gasteiger partial charge in [0, 0.05) is 18.4 Å². The van der Waals surface area contributed by atoms with Gasteiger partial charge in [0.05, 0.1) is 21.5 Å². The van der Waals surface area contributed by atoms with Gasteiger partial charge < -0.3 is 9.84 Å². The summed E-state index contributed by atoms with van der Waals surface area (Å²) in [4.78, 5) is 21.7. The second-order valence-corrected chi connectivity index (χ2v) is 5.19. The third-order valence-electron chi connectivity index (χ3n) is 2.86. The van der Waals surface area contributed by atoms with Gasteiger partial charge >= 0.3 is 5.97 Å². The van der Waals surface area contributed by atoms with E-state index >= 15 is 0 Å². The van der Waals surface area contributed by atoms with E-state index in [1.807, 2.05) is 0 Å². The second-order valence-electron chi connectivity index (χ2n) is 4.16. The third-order valence-corrected chi connectivity index (χ3v) is 4.12. The minimum Gasteiger partial charge on any atom is -0.478 e. The zero-order chi connectivity index (χ0) is 13.8. The molecular formula is C12H13NO5S. The molecule has 1 heterocycles. The number of carboxylic acid groups (broad SMARTS) is 1. The summed E-state index contributed by atoms with van der Waals surface area (Å²) in [7, 11) is 0. The number of nitro groups is 1. The largest absolute Gasteiger partial charge is 0.478 e. The molecule has 0 aliphatic carbocycles. The molecule has 102 valence electrons. The summed E-state index contributed by atoms with van der Waals surface area (Å²) >= 11 is 1.18. The van der Waals surface area contributed by atoms with Crippen LogP contribution in [-0.2, 0) is 4.74 Å². The number of benzene rings is 1. The summed E-state index contributed by atoms with van der Waals surface area (Å²) in [5, 5.41) is 20.1. The van der Waals surface area contributed by atoms with E-state index in [4.69, 9.17) is 9.84 Å². The zero-order valence-corrected chi connectivity index (χ0v) is 10.9. The van der Waals surface area contributed by atoms with E-state index in [9.17, 15) is 14.9 Å². The monoisotopic (exact) mass is 283 g/mol. The van der Waals surface area contributed by atoms with Gasteiger partial charge in [-0.1, -0.05) is 6.07 Å². The van der Waals surface area contributed by atoms with Crippen LogP contribution in [0.2, 0.25) is 0 Å². The minimum absolute atomic E-state index is 0.0304. The molecule has 7 heteroatoms. The molecule has 1 atom stereocenters. The minimum atomic E-state index is -1.15. The van der Waals surface area contributed by atoms with Crippen molar-refractivity contribution in [2.75, 3.05) is 12.4 Å². The van der Waals surface area contributed by atoms with Gasteiger partial charge in [-0.05, 0) is 18.9 Å². The smallest absolute Gasteiger partial charge is 0.337 e. The number of hydrogen-bond donors (Lipinski definition) is 1. The average molecular weight is 283 g/mol. The lowest BCUT2D eigenvalue weighted by atomic mass is 10.2. The topological polar surface area (TPSA) is 89.7 Å². The Labute approximate surface area is 113 Å². The number of hydrogen-bond acceptors (Lipinski definition) is 5. The molecule has 0 amide bonds. The maximum absolute atomic E-state index is 11.1. The highest BCUT2D eigenvalue weighted by atomic mass is 32.2. The number of carboxylic acids is 1. The van der Waals surface area contributed by atoms with Gasteiger partial charge in [-0.2, -0.15) is 0 Å². The molecule has 0 spiro atoms. The van der Waals surface area contributed by atoms with Crippen LogP contribution in [0, 0.1) is 10.1 Å². The van der Waals surface area contributed by atoms with Crippen LogP contribution in [0.25, 0.3) is 0 Å². The quantitative estimate of drug-likeness (QED) is 0.507. The van der Waals surface area contributed by atoms with E-state index in [-0.39, 0.29) is 22.3 Å². The molecule has 1 aromatic carbocycles. The van der Waals surface area contributed by atoms with E-state index < -0.39 is 10.9 Å². The SMILES string of the molecule is O=C(O)c1cccc([N+](=O)[O-])c1SCC1CCCO1. The predicted octanol–water partition coefficient (Wildman–Crippen LogP) is 2.56. The van der Waals surface area contributed by atoms with E-state index in [1.54, 1.807) is 0 Å². The van der Waals surface area contributed by atoms with E-state index in [1.165, 1.54) is 30.0 Å². The molecular weight excluding hydrogens is 270 g/mol. The van der Waals surface area contributed by atoms with Crippen molar-refractivity contribution in [3.63, 3.8) is 0 Å². The number of thioether (sulfide) groups is 1. The molecule has 1 aliphatic heterocycles. The standard InChI is InChI=1S/C12H13NO5S/c14-12(15)9-4-1-5-10(13(16)17)11(9)19-7-8-3-2-6-18-8/h1,4-5,8H,2-3,6-7H2,(H,14,15). The molecule has 6 nitrogen and oxygen atoms in total. The zero-order valence-electron chi connectivity index (χ0n) is 10.1. The summed E-state index contributed by atoms with van der Waals surface area (Å²) < 4.78 is 5.44. The van der Waals surface area contributed by atoms with Gasteiger partial charge in [-0.15, -0.1) is 11.8 Å². The Morgan fingerprint density at radius 2 is 2.37 bits per heavy atom. The number of carbonyl (C=O) groups is 1. The van der Waals surface area contributed by atoms with Crippen LogP contribution in [0.15, 0.2) is 23.1 Å². The summed E-state index contributed by atoms with van der Waals surface area (Å²) in [5.41, 5.74) is -0.194. The highest BCUT2D eigenvalue weighted by Gasteiger charge is 2.24. The van der Waals surface area contributed by atoms with Crippen LogP contribution in [0.3, 0.4) is 0 Å². The highest BCUT2D eigenvalue weighted by molar-refractivity contribution is 7.99. The Morgan fingerprint density at radius 3 is 2.95 bits per heavy atom. The van der Waals surface area contributed by atoms with Crippen molar-refractivity contribution in [2.24, 2.45) is 0 Å². The summed E-state index contributed by atoms with van der Waals surface area (Å²) in [6.45, 7) is 0.702. The molecule has 1 unspecified atom stereocenters. The van der Waals surface area contributed by atoms with Gasteiger partial charge in [-0.25, -0.2) is 4.79 Å². The molecule has 1 saturated heterocycles. The molecule has 19 heavy (non-hydrogen) atoms. The van der Waals surface area contributed by atoms with Crippen LogP contribution in [0.4, 0.5) is 5.69 Å². The van der Waals surface area contributed by atoms with Crippen molar-refractivity contribution in [2.45, 2.75) is 23.8 Å². The third kappa shape index (κ3) is 3.24. The number of nitrogens with zero attached hydrogens (tertiary/aromatic N) is 1. The summed E-state index contributed by atoms with van der Waals surface area (Å²) in [6.07, 6.45) is 1.94. The molecule has 0 bridgehead atoms. The van der Waals surface area contributed by atoms with Gasteiger partial charge in [0.15, 0.2) is 0 Å². The average Bonchev–Trinajstić information content (AvgIpc) is 2.88. The van der Waals surface area contributed by atoms with Crippen LogP contribution in [-0.4, -0.2) is 34.5 Å². The highest BCUT2D eigenvalue weighted by Crippen LogP contribution is 2.34. The molecule has 1 fully saturated rings. The van der Waals surface area contributed by atoms with Crippen molar-refractivity contribution in [1.82, 2.24) is 0 Å². The van der Waals surface area contributed by atoms with Crippen molar-refractivity contribution >= 4 is 23.4 Å². The molecule has 1 aliphatic rings. The lowest BCUT2D eigenvalue weighted by Crippen LogP contribution is -2.09. The van der Waals surface area contributed by atoms with Gasteiger partial charge in [0.25, 0.3) is 5.69 Å². The summed E-state index contributed by atoms with van der Waals surface area (Å²) in [6, 6.07) is 4.09. The van der Waals surface area contributed by atoms with Crippen LogP contribution < -0.4 is 0 Å². The van der Waals surface area contributed by atoms with Gasteiger partial charge in [0.2, 0.25) is 0 Å². The Hall–Kier alpha value is -1.60. The van der Waals surface area contributed by atoms with Gasteiger partial charge in [0.1, 0.15) is 0 Å². The van der Waals surface area contributed by atoms with Crippen LogP contribution >= 0.6 is 11.8 Å². The molecule has 1 N–H and O–H groups in total. The first kappa shape index (κ1) is 13.8. The Kier molecular flexibility index (Phi) is 4.39. The fourth-order valence-electron chi connectivity index (χ4n) is 1.94. The van der Waals surface area contributed by atoms with Crippen molar-refractivity contribution < 1.29 is 19.6 Å². The Bertz CT molecular complexity index is 467. The molecule has 0 radical (unpaired) electrons. The molecule has 0 saturated carbocycles. The number of ether oxygens (including phenoxy) is 1. The number of nitro benzene ring substituents is 1. The number of aromatic carboxylic acids is 1. The maximum Gasteiger partial charge on any atom is 0.337 e. The maximum atomic E-state index is 11.1. The number of rotatable bonds is 5. The molecule has 1 aromatic rings. The Morgan fingerprint density at radius 1 is 1.58 bits per heavy atom. The van der Waals surface area contributed by atoms with Crippen molar-refractivity contribution in [3.8, 4) is 0 Å². The van der Waals surface area contributed by atoms with E-state index in [2.05, 4.69) is 0 Å². The predicted molar refractivity (Wildman–Crippen MR) is 69.8 cm³/mol. The van der Waals surface area contributed by atoms with Crippen LogP contribution in [0.5, 0.6) is 0 Å². The normalized spacial score (nSPS) is 18.4. The molecule has 0 aromatic heterocycles. The fourth-order valence-corrected chi connectivity index (χ4v) is 3.16. The van der Waals surface area contributed by atoms with Crippen molar-refractivity contribution in [1.29, 1.82) is 0 Å². The molecule has 2 rings (SSSR count). The first-order valence-electron chi connectivity index (χ1n) is 5.84.